The fraction of sp³-hybridized carbons (Fsp3) is 0.429. The Morgan fingerprint density at radius 3 is 2.71 bits per heavy atom. The molecule has 154 valence electrons. The average molecular weight is 498 g/mol. The topological polar surface area (TPSA) is 67.7 Å². The van der Waals surface area contributed by atoms with Gasteiger partial charge in [0, 0.05) is 44.5 Å². The average Bonchev–Trinajstić information content (AvgIpc) is 2.67. The zero-order valence-corrected chi connectivity index (χ0v) is 19.2. The highest BCUT2D eigenvalue weighted by atomic mass is 127. The van der Waals surface area contributed by atoms with Gasteiger partial charge in [-0.1, -0.05) is 18.2 Å². The van der Waals surface area contributed by atoms with Gasteiger partial charge in [-0.3, -0.25) is 9.79 Å². The summed E-state index contributed by atoms with van der Waals surface area (Å²) < 4.78 is 7.46. The first kappa shape index (κ1) is 24.0. The Morgan fingerprint density at radius 1 is 1.18 bits per heavy atom. The van der Waals surface area contributed by atoms with E-state index in [0.29, 0.717) is 13.2 Å². The first-order valence-corrected chi connectivity index (χ1v) is 9.46. The van der Waals surface area contributed by atoms with Crippen molar-refractivity contribution in [2.45, 2.75) is 39.8 Å². The smallest absolute Gasteiger partial charge is 0.250 e. The summed E-state index contributed by atoms with van der Waals surface area (Å²) in [5, 5.41) is 6.64. The van der Waals surface area contributed by atoms with E-state index >= 15 is 0 Å². The zero-order valence-electron chi connectivity index (χ0n) is 16.9. The number of aryl methyl sites for hydroxylation is 2. The molecule has 0 radical (unpaired) electrons. The molecular weight excluding hydrogens is 467 g/mol. The number of hydrogen-bond donors (Lipinski definition) is 2. The maximum Gasteiger partial charge on any atom is 0.250 e. The summed E-state index contributed by atoms with van der Waals surface area (Å²) in [6.45, 7) is 6.87. The zero-order chi connectivity index (χ0) is 19.5. The molecule has 28 heavy (non-hydrogen) atoms. The predicted octanol–water partition coefficient (Wildman–Crippen LogP) is 3.32. The first-order valence-electron chi connectivity index (χ1n) is 9.46. The van der Waals surface area contributed by atoms with Crippen molar-refractivity contribution in [2.75, 3.05) is 20.2 Å². The third-order valence-electron chi connectivity index (χ3n) is 4.21. The number of guanidine groups is 1. The fourth-order valence-electron chi connectivity index (χ4n) is 2.76. The Hall–Kier alpha value is -2.03. The van der Waals surface area contributed by atoms with Crippen molar-refractivity contribution in [1.82, 2.24) is 15.2 Å². The number of nitrogens with one attached hydrogen (secondary N) is 2. The van der Waals surface area contributed by atoms with Gasteiger partial charge in [-0.2, -0.15) is 0 Å². The Balaban J connectivity index is 0.00000392. The number of benzene rings is 1. The molecule has 0 aliphatic rings. The number of nitrogens with zero attached hydrogens (tertiary/aromatic N) is 2. The molecule has 2 rings (SSSR count). The molecule has 0 bridgehead atoms. The lowest BCUT2D eigenvalue weighted by molar-refractivity contribution is 0.336. The minimum absolute atomic E-state index is 0. The lowest BCUT2D eigenvalue weighted by Gasteiger charge is -2.15. The second-order valence-electron chi connectivity index (χ2n) is 6.34. The van der Waals surface area contributed by atoms with E-state index in [1.165, 1.54) is 5.56 Å². The van der Waals surface area contributed by atoms with E-state index in [9.17, 15) is 4.79 Å². The molecule has 0 fully saturated rings. The molecule has 0 aliphatic carbocycles. The Bertz CT molecular complexity index is 805. The monoisotopic (exact) mass is 498 g/mol. The highest BCUT2D eigenvalue weighted by molar-refractivity contribution is 14.0. The molecule has 0 spiro atoms. The van der Waals surface area contributed by atoms with Crippen molar-refractivity contribution in [3.8, 4) is 5.75 Å². The van der Waals surface area contributed by atoms with Gasteiger partial charge in [0.1, 0.15) is 5.75 Å². The summed E-state index contributed by atoms with van der Waals surface area (Å²) in [5.74, 6) is 1.67. The van der Waals surface area contributed by atoms with Gasteiger partial charge >= 0.3 is 0 Å². The van der Waals surface area contributed by atoms with Crippen LogP contribution in [0.5, 0.6) is 5.75 Å². The highest BCUT2D eigenvalue weighted by Gasteiger charge is 2.05. The van der Waals surface area contributed by atoms with Gasteiger partial charge in [0.2, 0.25) is 5.56 Å². The molecule has 2 N–H and O–H groups in total. The van der Waals surface area contributed by atoms with E-state index < -0.39 is 0 Å². The van der Waals surface area contributed by atoms with Crippen LogP contribution in [0.15, 0.2) is 52.4 Å². The summed E-state index contributed by atoms with van der Waals surface area (Å²) in [4.78, 5) is 15.9. The van der Waals surface area contributed by atoms with E-state index in [4.69, 9.17) is 4.74 Å². The minimum atomic E-state index is 0. The van der Waals surface area contributed by atoms with Crippen LogP contribution in [-0.4, -0.2) is 30.7 Å². The van der Waals surface area contributed by atoms with E-state index in [2.05, 4.69) is 40.7 Å². The number of unbranched alkanes of at least 4 members (excludes halogenated alkanes) is 1. The van der Waals surface area contributed by atoms with Crippen LogP contribution in [0.2, 0.25) is 0 Å². The Kier molecular flexibility index (Phi) is 11.3. The standard InChI is InChI=1S/C21H30N4O2.HI/c1-4-27-19-15-17(2)10-11-18(19)16-24-21(22-3)23-12-6-8-14-25-13-7-5-9-20(25)26;/h5,7,9-11,13,15H,4,6,8,12,14,16H2,1-3H3,(H2,22,23,24);1H. The molecule has 2 aromatic rings. The van der Waals surface area contributed by atoms with Crippen LogP contribution in [0.25, 0.3) is 0 Å². The van der Waals surface area contributed by atoms with Crippen molar-refractivity contribution in [1.29, 1.82) is 0 Å². The number of pyridine rings is 1. The van der Waals surface area contributed by atoms with Crippen molar-refractivity contribution < 1.29 is 4.74 Å². The maximum absolute atomic E-state index is 11.7. The summed E-state index contributed by atoms with van der Waals surface area (Å²) in [6, 6.07) is 11.5. The van der Waals surface area contributed by atoms with Gasteiger partial charge in [0.05, 0.1) is 6.61 Å². The van der Waals surface area contributed by atoms with Crippen LogP contribution in [0.1, 0.15) is 30.9 Å². The fourth-order valence-corrected chi connectivity index (χ4v) is 2.76. The van der Waals surface area contributed by atoms with Crippen LogP contribution in [0.3, 0.4) is 0 Å². The molecule has 0 amide bonds. The van der Waals surface area contributed by atoms with E-state index in [-0.39, 0.29) is 29.5 Å². The second kappa shape index (κ2) is 13.2. The van der Waals surface area contributed by atoms with Crippen molar-refractivity contribution in [3.05, 3.63) is 64.1 Å². The number of aromatic nitrogens is 1. The Labute approximate surface area is 184 Å². The van der Waals surface area contributed by atoms with Crippen LogP contribution < -0.4 is 20.9 Å². The van der Waals surface area contributed by atoms with Crippen LogP contribution >= 0.6 is 24.0 Å². The molecule has 1 aromatic heterocycles. The molecule has 0 aliphatic heterocycles. The number of rotatable bonds is 9. The van der Waals surface area contributed by atoms with Crippen LogP contribution in [0, 0.1) is 6.92 Å². The van der Waals surface area contributed by atoms with Gasteiger partial charge in [-0.25, -0.2) is 0 Å². The maximum atomic E-state index is 11.7. The van der Waals surface area contributed by atoms with Crippen molar-refractivity contribution >= 4 is 29.9 Å². The van der Waals surface area contributed by atoms with Crippen molar-refractivity contribution in [2.24, 2.45) is 4.99 Å². The lowest BCUT2D eigenvalue weighted by atomic mass is 10.1. The third-order valence-corrected chi connectivity index (χ3v) is 4.21. The SMILES string of the molecule is CCOc1cc(C)ccc1CNC(=NC)NCCCCn1ccccc1=O.I. The summed E-state index contributed by atoms with van der Waals surface area (Å²) in [6.07, 6.45) is 3.71. The van der Waals surface area contributed by atoms with Gasteiger partial charge in [-0.05, 0) is 44.4 Å². The predicted molar refractivity (Wildman–Crippen MR) is 126 cm³/mol. The molecular formula is C21H31IN4O2. The summed E-state index contributed by atoms with van der Waals surface area (Å²) in [7, 11) is 1.76. The molecule has 1 heterocycles. The van der Waals surface area contributed by atoms with E-state index in [1.807, 2.05) is 19.2 Å². The normalized spacial score (nSPS) is 10.9. The van der Waals surface area contributed by atoms with Gasteiger partial charge in [0.25, 0.3) is 0 Å². The second-order valence-corrected chi connectivity index (χ2v) is 6.34. The molecule has 1 aromatic carbocycles. The molecule has 0 saturated carbocycles. The van der Waals surface area contributed by atoms with Gasteiger partial charge < -0.3 is 19.9 Å². The first-order chi connectivity index (χ1) is 13.1. The summed E-state index contributed by atoms with van der Waals surface area (Å²) >= 11 is 0. The molecule has 0 unspecified atom stereocenters. The van der Waals surface area contributed by atoms with Crippen molar-refractivity contribution in [3.63, 3.8) is 0 Å². The lowest BCUT2D eigenvalue weighted by Crippen LogP contribution is -2.37. The minimum Gasteiger partial charge on any atom is -0.494 e. The molecule has 7 heteroatoms. The summed E-state index contributed by atoms with van der Waals surface area (Å²) in [5.41, 5.74) is 2.34. The van der Waals surface area contributed by atoms with Crippen LogP contribution in [-0.2, 0) is 13.1 Å². The molecule has 0 atom stereocenters. The quantitative estimate of drug-likeness (QED) is 0.241. The van der Waals surface area contributed by atoms with E-state index in [1.54, 1.807) is 23.7 Å². The highest BCUT2D eigenvalue weighted by Crippen LogP contribution is 2.20. The number of aliphatic imine (C=N–C) groups is 1. The van der Waals surface area contributed by atoms with Gasteiger partial charge in [-0.15, -0.1) is 24.0 Å². The third kappa shape index (κ3) is 7.92. The largest absolute Gasteiger partial charge is 0.494 e. The Morgan fingerprint density at radius 2 is 2.00 bits per heavy atom. The number of halogens is 1. The molecule has 0 saturated heterocycles. The molecule has 6 nitrogen and oxygen atoms in total. The van der Waals surface area contributed by atoms with Crippen LogP contribution in [0.4, 0.5) is 0 Å². The number of ether oxygens (including phenoxy) is 1. The van der Waals surface area contributed by atoms with Gasteiger partial charge in [0.15, 0.2) is 5.96 Å². The number of hydrogen-bond acceptors (Lipinski definition) is 3. The van der Waals surface area contributed by atoms with E-state index in [0.717, 1.165) is 43.2 Å².